The highest BCUT2D eigenvalue weighted by molar-refractivity contribution is 7.14. The van der Waals surface area contributed by atoms with Crippen LogP contribution >= 0.6 is 22.7 Å². The molecule has 3 aromatic rings. The molecule has 0 radical (unpaired) electrons. The van der Waals surface area contributed by atoms with E-state index < -0.39 is 29.1 Å². The van der Waals surface area contributed by atoms with Crippen LogP contribution in [0.5, 0.6) is 0 Å². The number of nitrogens with one attached hydrogen (secondary N) is 1. The number of aryl methyl sites for hydroxylation is 3. The second kappa shape index (κ2) is 8.33. The van der Waals surface area contributed by atoms with E-state index in [0.717, 1.165) is 36.2 Å². The van der Waals surface area contributed by atoms with Gasteiger partial charge in [0.15, 0.2) is 5.13 Å². The molecule has 2 heterocycles. The van der Waals surface area contributed by atoms with Gasteiger partial charge < -0.3 is 10.4 Å². The zero-order valence-electron chi connectivity index (χ0n) is 16.6. The molecule has 0 saturated heterocycles. The van der Waals surface area contributed by atoms with E-state index in [1.54, 1.807) is 5.38 Å². The lowest BCUT2D eigenvalue weighted by Gasteiger charge is -2.27. The van der Waals surface area contributed by atoms with Gasteiger partial charge in [0.25, 0.3) is 0 Å². The number of halogens is 3. The average Bonchev–Trinajstić information content (AvgIpc) is 3.36. The van der Waals surface area contributed by atoms with Crippen molar-refractivity contribution in [2.45, 2.75) is 50.8 Å². The zero-order valence-corrected chi connectivity index (χ0v) is 18.3. The Morgan fingerprint density at radius 3 is 2.55 bits per heavy atom. The van der Waals surface area contributed by atoms with Crippen LogP contribution in [-0.4, -0.2) is 27.2 Å². The van der Waals surface area contributed by atoms with Gasteiger partial charge in [0.2, 0.25) is 11.5 Å². The molecule has 0 fully saturated rings. The summed E-state index contributed by atoms with van der Waals surface area (Å²) in [6, 6.07) is 6.14. The molecule has 164 valence electrons. The summed E-state index contributed by atoms with van der Waals surface area (Å²) in [5, 5.41) is 15.5. The molecule has 0 bridgehead atoms. The molecule has 2 aromatic heterocycles. The van der Waals surface area contributed by atoms with E-state index in [4.69, 9.17) is 0 Å². The number of benzene rings is 1. The van der Waals surface area contributed by atoms with Crippen molar-refractivity contribution in [2.24, 2.45) is 0 Å². The Balaban J connectivity index is 1.50. The number of amides is 1. The number of alkyl halides is 3. The molecule has 5 nitrogen and oxygen atoms in total. The van der Waals surface area contributed by atoms with Gasteiger partial charge in [-0.15, -0.1) is 22.7 Å². The maximum absolute atomic E-state index is 13.6. The van der Waals surface area contributed by atoms with Crippen molar-refractivity contribution in [3.8, 4) is 11.3 Å². The molecule has 2 N–H and O–H groups in total. The fraction of sp³-hybridized carbons (Fsp3) is 0.381. The smallest absolute Gasteiger partial charge is 0.374 e. The molecule has 4 rings (SSSR count). The van der Waals surface area contributed by atoms with Crippen LogP contribution in [0.4, 0.5) is 18.3 Å². The number of nitrogens with zero attached hydrogens (tertiary/aromatic N) is 2. The number of anilines is 1. The summed E-state index contributed by atoms with van der Waals surface area (Å²) in [5.41, 5.74) is 1.17. The van der Waals surface area contributed by atoms with Gasteiger partial charge in [0.05, 0.1) is 12.1 Å². The molecule has 1 atom stereocenters. The van der Waals surface area contributed by atoms with Gasteiger partial charge >= 0.3 is 6.18 Å². The normalized spacial score (nSPS) is 15.9. The van der Waals surface area contributed by atoms with Crippen LogP contribution in [0.1, 0.15) is 41.1 Å². The maximum Gasteiger partial charge on any atom is 0.424 e. The fourth-order valence-corrected chi connectivity index (χ4v) is 5.24. The summed E-state index contributed by atoms with van der Waals surface area (Å²) in [5.74, 6) is -0.987. The van der Waals surface area contributed by atoms with Gasteiger partial charge in [0.1, 0.15) is 5.01 Å². The van der Waals surface area contributed by atoms with Gasteiger partial charge in [0, 0.05) is 22.0 Å². The predicted molar refractivity (Wildman–Crippen MR) is 114 cm³/mol. The Hall–Kier alpha value is -2.30. The number of hydrogen-bond donors (Lipinski definition) is 2. The number of thiazole rings is 2. The van der Waals surface area contributed by atoms with Gasteiger partial charge in [-0.05, 0) is 49.8 Å². The summed E-state index contributed by atoms with van der Waals surface area (Å²) in [4.78, 5) is 20.5. The fourth-order valence-electron chi connectivity index (χ4n) is 3.59. The first-order valence-corrected chi connectivity index (χ1v) is 11.5. The molecule has 1 aliphatic rings. The monoisotopic (exact) mass is 467 g/mol. The lowest BCUT2D eigenvalue weighted by molar-refractivity contribution is -0.266. The van der Waals surface area contributed by atoms with Gasteiger partial charge in [-0.3, -0.25) is 4.79 Å². The Bertz CT molecular complexity index is 1110. The molecule has 0 saturated carbocycles. The maximum atomic E-state index is 13.6. The highest BCUT2D eigenvalue weighted by Crippen LogP contribution is 2.43. The Morgan fingerprint density at radius 1 is 1.13 bits per heavy atom. The van der Waals surface area contributed by atoms with Crippen molar-refractivity contribution in [1.29, 1.82) is 0 Å². The zero-order chi connectivity index (χ0) is 22.2. The molecule has 10 heteroatoms. The molecule has 31 heavy (non-hydrogen) atoms. The molecule has 0 spiro atoms. The molecule has 1 aromatic carbocycles. The van der Waals surface area contributed by atoms with Crippen LogP contribution < -0.4 is 5.32 Å². The van der Waals surface area contributed by atoms with Gasteiger partial charge in [-0.1, -0.05) is 12.1 Å². The van der Waals surface area contributed by atoms with Gasteiger partial charge in [-0.25, -0.2) is 9.97 Å². The number of carbonyl (C=O) groups excluding carboxylic acids is 1. The Labute approximate surface area is 185 Å². The Morgan fingerprint density at radius 2 is 1.87 bits per heavy atom. The van der Waals surface area contributed by atoms with Crippen LogP contribution in [-0.2, 0) is 23.2 Å². The molecule has 1 unspecified atom stereocenters. The van der Waals surface area contributed by atoms with Gasteiger partial charge in [-0.2, -0.15) is 13.2 Å². The topological polar surface area (TPSA) is 75.1 Å². The molecule has 1 aliphatic carbocycles. The number of hydrogen-bond acceptors (Lipinski definition) is 6. The van der Waals surface area contributed by atoms with E-state index in [2.05, 4.69) is 27.4 Å². The third-order valence-electron chi connectivity index (χ3n) is 5.25. The second-order valence-corrected chi connectivity index (χ2v) is 9.32. The van der Waals surface area contributed by atoms with Crippen LogP contribution in [0.3, 0.4) is 0 Å². The summed E-state index contributed by atoms with van der Waals surface area (Å²) in [6.45, 7) is 1.52. The quantitative estimate of drug-likeness (QED) is 0.539. The van der Waals surface area contributed by atoms with E-state index in [1.807, 2.05) is 6.07 Å². The standard InChI is InChI=1S/C21H20F3N3O2S2/c1-12-10-30-18(25-12)20(29,21(22,23)24)9-17(28)27-19-26-16(11-31-19)15-7-6-13-4-2-3-5-14(13)8-15/h6-8,10-11,29H,2-5,9H2,1H3,(H,26,27,28). The Kier molecular flexibility index (Phi) is 5.89. The number of carbonyl (C=O) groups is 1. The van der Waals surface area contributed by atoms with Crippen molar-refractivity contribution in [3.63, 3.8) is 0 Å². The van der Waals surface area contributed by atoms with Crippen molar-refractivity contribution in [3.05, 3.63) is 50.8 Å². The summed E-state index contributed by atoms with van der Waals surface area (Å²) in [7, 11) is 0. The average molecular weight is 468 g/mol. The van der Waals surface area contributed by atoms with Crippen LogP contribution in [0.15, 0.2) is 29.0 Å². The third kappa shape index (κ3) is 4.51. The first-order chi connectivity index (χ1) is 14.7. The number of fused-ring (bicyclic) bond motifs is 1. The van der Waals surface area contributed by atoms with E-state index in [0.29, 0.717) is 22.7 Å². The minimum absolute atomic E-state index is 0.178. The highest BCUT2D eigenvalue weighted by atomic mass is 32.1. The molecule has 0 aliphatic heterocycles. The number of rotatable bonds is 5. The second-order valence-electron chi connectivity index (χ2n) is 7.61. The van der Waals surface area contributed by atoms with E-state index >= 15 is 0 Å². The van der Waals surface area contributed by atoms with E-state index in [1.165, 1.54) is 29.9 Å². The first kappa shape index (κ1) is 21.9. The minimum atomic E-state index is -5.05. The van der Waals surface area contributed by atoms with E-state index in [9.17, 15) is 23.1 Å². The molecular weight excluding hydrogens is 447 g/mol. The highest BCUT2D eigenvalue weighted by Gasteiger charge is 2.58. The van der Waals surface area contributed by atoms with Crippen molar-refractivity contribution >= 4 is 33.7 Å². The largest absolute Gasteiger partial charge is 0.424 e. The van der Waals surface area contributed by atoms with Crippen LogP contribution in [0, 0.1) is 6.92 Å². The van der Waals surface area contributed by atoms with Crippen molar-refractivity contribution < 1.29 is 23.1 Å². The van der Waals surface area contributed by atoms with Crippen molar-refractivity contribution in [1.82, 2.24) is 9.97 Å². The minimum Gasteiger partial charge on any atom is -0.374 e. The van der Waals surface area contributed by atoms with Crippen LogP contribution in [0.25, 0.3) is 11.3 Å². The lowest BCUT2D eigenvalue weighted by atomic mass is 9.90. The predicted octanol–water partition coefficient (Wildman–Crippen LogP) is 5.23. The summed E-state index contributed by atoms with van der Waals surface area (Å²) in [6.07, 6.45) is -1.83. The third-order valence-corrected chi connectivity index (χ3v) is 7.12. The number of aliphatic hydroxyl groups is 1. The molecule has 1 amide bonds. The van der Waals surface area contributed by atoms with Crippen molar-refractivity contribution in [2.75, 3.05) is 5.32 Å². The van der Waals surface area contributed by atoms with Crippen LogP contribution in [0.2, 0.25) is 0 Å². The summed E-state index contributed by atoms with van der Waals surface area (Å²) < 4.78 is 40.8. The van der Waals surface area contributed by atoms with E-state index in [-0.39, 0.29) is 5.13 Å². The SMILES string of the molecule is Cc1csc(C(O)(CC(=O)Nc2nc(-c3ccc4c(c3)CCCC4)cs2)C(F)(F)F)n1. The lowest BCUT2D eigenvalue weighted by Crippen LogP contribution is -2.45. The summed E-state index contributed by atoms with van der Waals surface area (Å²) >= 11 is 1.79. The number of aromatic nitrogens is 2. The molecular formula is C21H20F3N3O2S2. The first-order valence-electron chi connectivity index (χ1n) is 9.75.